The van der Waals surface area contributed by atoms with E-state index in [9.17, 15) is 0 Å². The molecule has 0 fully saturated rings. The summed E-state index contributed by atoms with van der Waals surface area (Å²) in [6, 6.07) is 12.5. The van der Waals surface area contributed by atoms with Gasteiger partial charge >= 0.3 is 0 Å². The van der Waals surface area contributed by atoms with E-state index in [4.69, 9.17) is 4.74 Å². The van der Waals surface area contributed by atoms with Gasteiger partial charge < -0.3 is 4.74 Å². The Morgan fingerprint density at radius 1 is 1.12 bits per heavy atom. The van der Waals surface area contributed by atoms with E-state index in [1.165, 1.54) is 5.56 Å². The van der Waals surface area contributed by atoms with Gasteiger partial charge in [-0.05, 0) is 37.0 Å². The van der Waals surface area contributed by atoms with Crippen LogP contribution in [0.2, 0.25) is 0 Å². The number of hydrogen-bond donors (Lipinski definition) is 0. The molecule has 1 aromatic heterocycles. The molecule has 88 valence electrons. The molecule has 0 atom stereocenters. The van der Waals surface area contributed by atoms with Gasteiger partial charge in [0, 0.05) is 6.20 Å². The lowest BCUT2D eigenvalue weighted by Gasteiger charge is -2.06. The van der Waals surface area contributed by atoms with Crippen LogP contribution in [0.1, 0.15) is 17.5 Å². The van der Waals surface area contributed by atoms with E-state index in [1.807, 2.05) is 25.3 Å². The molecule has 1 heterocycles. The van der Waals surface area contributed by atoms with Gasteiger partial charge in [0.1, 0.15) is 5.75 Å². The Hall–Kier alpha value is -1.83. The Balaban J connectivity index is 1.73. The highest BCUT2D eigenvalue weighted by atomic mass is 16.5. The Morgan fingerprint density at radius 2 is 1.94 bits per heavy atom. The van der Waals surface area contributed by atoms with Crippen molar-refractivity contribution in [1.82, 2.24) is 4.98 Å². The molecule has 0 aliphatic carbocycles. The number of aryl methyl sites for hydroxylation is 2. The Morgan fingerprint density at radius 3 is 2.71 bits per heavy atom. The minimum absolute atomic E-state index is 0.736. The fraction of sp³-hybridized carbons (Fsp3) is 0.267. The maximum Gasteiger partial charge on any atom is 0.137 e. The SMILES string of the molecule is Cc1cncc(OCCCc2ccccc2)c1. The number of ether oxygens (including phenoxy) is 1. The average Bonchev–Trinajstić information content (AvgIpc) is 2.36. The van der Waals surface area contributed by atoms with Crippen LogP contribution in [0.4, 0.5) is 0 Å². The van der Waals surface area contributed by atoms with Crippen LogP contribution in [0, 0.1) is 6.92 Å². The summed E-state index contributed by atoms with van der Waals surface area (Å²) < 4.78 is 5.65. The number of rotatable bonds is 5. The zero-order valence-electron chi connectivity index (χ0n) is 10.1. The normalized spacial score (nSPS) is 10.2. The second-order valence-electron chi connectivity index (χ2n) is 4.14. The summed E-state index contributed by atoms with van der Waals surface area (Å²) in [6.07, 6.45) is 5.67. The van der Waals surface area contributed by atoms with Gasteiger partial charge in [0.25, 0.3) is 0 Å². The summed E-state index contributed by atoms with van der Waals surface area (Å²) in [5.74, 6) is 0.859. The van der Waals surface area contributed by atoms with E-state index in [2.05, 4.69) is 29.2 Å². The van der Waals surface area contributed by atoms with Crippen LogP contribution in [-0.2, 0) is 6.42 Å². The zero-order chi connectivity index (χ0) is 11.9. The molecule has 2 nitrogen and oxygen atoms in total. The number of nitrogens with zero attached hydrogens (tertiary/aromatic N) is 1. The first-order valence-corrected chi connectivity index (χ1v) is 5.93. The van der Waals surface area contributed by atoms with Gasteiger partial charge in [0.05, 0.1) is 12.8 Å². The van der Waals surface area contributed by atoms with E-state index in [1.54, 1.807) is 6.20 Å². The molecule has 0 unspecified atom stereocenters. The highest BCUT2D eigenvalue weighted by molar-refractivity contribution is 5.22. The van der Waals surface area contributed by atoms with Gasteiger partial charge in [0.15, 0.2) is 0 Å². The number of benzene rings is 1. The monoisotopic (exact) mass is 227 g/mol. The molecule has 0 spiro atoms. The van der Waals surface area contributed by atoms with E-state index < -0.39 is 0 Å². The number of hydrogen-bond acceptors (Lipinski definition) is 2. The minimum Gasteiger partial charge on any atom is -0.492 e. The number of aromatic nitrogens is 1. The van der Waals surface area contributed by atoms with E-state index in [0.717, 1.165) is 30.8 Å². The maximum absolute atomic E-state index is 5.65. The number of pyridine rings is 1. The van der Waals surface area contributed by atoms with Crippen LogP contribution < -0.4 is 4.74 Å². The van der Waals surface area contributed by atoms with Crippen LogP contribution in [0.15, 0.2) is 48.8 Å². The first-order valence-electron chi connectivity index (χ1n) is 5.93. The standard InChI is InChI=1S/C15H17NO/c1-13-10-15(12-16-11-13)17-9-5-8-14-6-3-2-4-7-14/h2-4,6-7,10-12H,5,8-9H2,1H3. The van der Waals surface area contributed by atoms with Crippen molar-refractivity contribution in [3.05, 3.63) is 59.9 Å². The van der Waals surface area contributed by atoms with E-state index in [0.29, 0.717) is 0 Å². The van der Waals surface area contributed by atoms with Crippen molar-refractivity contribution in [2.24, 2.45) is 0 Å². The van der Waals surface area contributed by atoms with Crippen molar-refractivity contribution in [2.45, 2.75) is 19.8 Å². The molecule has 0 saturated carbocycles. The third-order valence-corrected chi connectivity index (χ3v) is 2.57. The average molecular weight is 227 g/mol. The molecule has 0 aliphatic rings. The van der Waals surface area contributed by atoms with Crippen molar-refractivity contribution in [3.8, 4) is 5.75 Å². The Kier molecular flexibility index (Phi) is 4.14. The van der Waals surface area contributed by atoms with Gasteiger partial charge in [-0.25, -0.2) is 0 Å². The summed E-state index contributed by atoms with van der Waals surface area (Å²) in [5, 5.41) is 0. The third kappa shape index (κ3) is 3.91. The van der Waals surface area contributed by atoms with E-state index in [-0.39, 0.29) is 0 Å². The molecule has 0 amide bonds. The second-order valence-corrected chi connectivity index (χ2v) is 4.14. The molecule has 1 aromatic carbocycles. The molecule has 2 aromatic rings. The van der Waals surface area contributed by atoms with Gasteiger partial charge in [-0.1, -0.05) is 30.3 Å². The molecular weight excluding hydrogens is 210 g/mol. The van der Waals surface area contributed by atoms with Gasteiger partial charge in [0.2, 0.25) is 0 Å². The Bertz CT molecular complexity index is 453. The van der Waals surface area contributed by atoms with Gasteiger partial charge in [-0.15, -0.1) is 0 Å². The lowest BCUT2D eigenvalue weighted by atomic mass is 10.1. The van der Waals surface area contributed by atoms with Crippen molar-refractivity contribution < 1.29 is 4.74 Å². The first kappa shape index (κ1) is 11.6. The van der Waals surface area contributed by atoms with Crippen LogP contribution in [-0.4, -0.2) is 11.6 Å². The van der Waals surface area contributed by atoms with Gasteiger partial charge in [-0.2, -0.15) is 0 Å². The predicted octanol–water partition coefficient (Wildman–Crippen LogP) is 3.40. The smallest absolute Gasteiger partial charge is 0.137 e. The highest BCUT2D eigenvalue weighted by Crippen LogP contribution is 2.11. The van der Waals surface area contributed by atoms with Crippen molar-refractivity contribution in [1.29, 1.82) is 0 Å². The minimum atomic E-state index is 0.736. The van der Waals surface area contributed by atoms with Crippen LogP contribution in [0.3, 0.4) is 0 Å². The lowest BCUT2D eigenvalue weighted by Crippen LogP contribution is -1.99. The van der Waals surface area contributed by atoms with Crippen molar-refractivity contribution in [3.63, 3.8) is 0 Å². The molecule has 0 radical (unpaired) electrons. The summed E-state index contributed by atoms with van der Waals surface area (Å²) >= 11 is 0. The zero-order valence-corrected chi connectivity index (χ0v) is 10.1. The van der Waals surface area contributed by atoms with Crippen LogP contribution in [0.25, 0.3) is 0 Å². The summed E-state index contributed by atoms with van der Waals surface area (Å²) in [7, 11) is 0. The first-order chi connectivity index (χ1) is 8.34. The summed E-state index contributed by atoms with van der Waals surface area (Å²) in [6.45, 7) is 2.75. The highest BCUT2D eigenvalue weighted by Gasteiger charge is 1.96. The van der Waals surface area contributed by atoms with Gasteiger partial charge in [-0.3, -0.25) is 4.98 Å². The summed E-state index contributed by atoms with van der Waals surface area (Å²) in [5.41, 5.74) is 2.49. The topological polar surface area (TPSA) is 22.1 Å². The predicted molar refractivity (Wildman–Crippen MR) is 69.2 cm³/mol. The molecule has 2 heteroatoms. The molecular formula is C15H17NO. The quantitative estimate of drug-likeness (QED) is 0.730. The molecule has 0 saturated heterocycles. The third-order valence-electron chi connectivity index (χ3n) is 2.57. The second kappa shape index (κ2) is 6.04. The van der Waals surface area contributed by atoms with Crippen molar-refractivity contribution in [2.75, 3.05) is 6.61 Å². The Labute approximate surface area is 102 Å². The molecule has 0 aliphatic heterocycles. The molecule has 17 heavy (non-hydrogen) atoms. The van der Waals surface area contributed by atoms with Crippen molar-refractivity contribution >= 4 is 0 Å². The fourth-order valence-electron chi connectivity index (χ4n) is 1.72. The lowest BCUT2D eigenvalue weighted by molar-refractivity contribution is 0.309. The maximum atomic E-state index is 5.65. The molecule has 0 N–H and O–H groups in total. The molecule has 2 rings (SSSR count). The summed E-state index contributed by atoms with van der Waals surface area (Å²) in [4.78, 5) is 4.10. The fourth-order valence-corrected chi connectivity index (χ4v) is 1.72. The van der Waals surface area contributed by atoms with E-state index >= 15 is 0 Å². The molecule has 0 bridgehead atoms. The van der Waals surface area contributed by atoms with Crippen LogP contribution in [0.5, 0.6) is 5.75 Å². The van der Waals surface area contributed by atoms with Crippen LogP contribution >= 0.6 is 0 Å². The largest absolute Gasteiger partial charge is 0.492 e.